The first-order valence-electron chi connectivity index (χ1n) is 3.84. The second kappa shape index (κ2) is 3.96. The van der Waals surface area contributed by atoms with Gasteiger partial charge in [0.1, 0.15) is 0 Å². The third kappa shape index (κ3) is 2.99. The summed E-state index contributed by atoms with van der Waals surface area (Å²) in [7, 11) is -4.10. The van der Waals surface area contributed by atoms with Crippen LogP contribution >= 0.6 is 7.60 Å². The summed E-state index contributed by atoms with van der Waals surface area (Å²) in [6.07, 6.45) is 0.708. The Hall–Kier alpha value is -1.10. The number of hydrogen-bond acceptors (Lipinski definition) is 3. The smallest absolute Gasteiger partial charge is 0.325 e. The molecule has 0 fully saturated rings. The minimum atomic E-state index is -4.10. The molecular weight excluding hydrogens is 209 g/mol. The molecule has 0 saturated heterocycles. The molecule has 1 heterocycles. The van der Waals surface area contributed by atoms with E-state index < -0.39 is 19.3 Å². The van der Waals surface area contributed by atoms with Crippen LogP contribution in [0.4, 0.5) is 0 Å². The van der Waals surface area contributed by atoms with Crippen LogP contribution in [0.1, 0.15) is 5.56 Å². The van der Waals surface area contributed by atoms with Crippen LogP contribution in [0.3, 0.4) is 0 Å². The summed E-state index contributed by atoms with van der Waals surface area (Å²) in [5, 5.41) is 8.94. The lowest BCUT2D eigenvalue weighted by molar-refractivity contribution is 0.174. The first kappa shape index (κ1) is 11.0. The van der Waals surface area contributed by atoms with Gasteiger partial charge < -0.3 is 15.0 Å². The van der Waals surface area contributed by atoms with E-state index in [0.717, 1.165) is 6.20 Å². The first-order valence-corrected chi connectivity index (χ1v) is 5.64. The van der Waals surface area contributed by atoms with Gasteiger partial charge in [0.25, 0.3) is 5.56 Å². The average Bonchev–Trinajstić information content (AvgIpc) is 2.06. The van der Waals surface area contributed by atoms with Crippen molar-refractivity contribution in [2.24, 2.45) is 0 Å². The fourth-order valence-corrected chi connectivity index (χ4v) is 1.52. The van der Waals surface area contributed by atoms with Gasteiger partial charge in [-0.25, -0.2) is 0 Å². The van der Waals surface area contributed by atoms with Gasteiger partial charge in [-0.3, -0.25) is 9.36 Å². The summed E-state index contributed by atoms with van der Waals surface area (Å²) >= 11 is 0. The van der Waals surface area contributed by atoms with E-state index in [-0.39, 0.29) is 12.0 Å². The molecule has 0 radical (unpaired) electrons. The Kier molecular flexibility index (Phi) is 3.10. The van der Waals surface area contributed by atoms with Gasteiger partial charge in [-0.15, -0.1) is 0 Å². The monoisotopic (exact) mass is 219 g/mol. The van der Waals surface area contributed by atoms with E-state index in [9.17, 15) is 9.36 Å². The highest BCUT2D eigenvalue weighted by atomic mass is 31.2. The molecule has 0 bridgehead atoms. The Morgan fingerprint density at radius 3 is 2.64 bits per heavy atom. The minimum Gasteiger partial charge on any atom is -0.425 e. The topological polar surface area (TPSA) is 99.8 Å². The number of rotatable bonds is 3. The maximum atomic E-state index is 11.1. The molecule has 1 aromatic rings. The average molecular weight is 219 g/mol. The summed E-state index contributed by atoms with van der Waals surface area (Å²) < 4.78 is 10.9. The van der Waals surface area contributed by atoms with Crippen LogP contribution < -0.4 is 5.56 Å². The van der Waals surface area contributed by atoms with E-state index in [4.69, 9.17) is 15.0 Å². The summed E-state index contributed by atoms with van der Waals surface area (Å²) in [4.78, 5) is 28.3. The highest BCUT2D eigenvalue weighted by Gasteiger charge is 2.14. The predicted octanol–water partition coefficient (Wildman–Crippen LogP) is -0.194. The van der Waals surface area contributed by atoms with Crippen molar-refractivity contribution in [3.63, 3.8) is 0 Å². The molecule has 0 aromatic carbocycles. The molecule has 0 atom stereocenters. The van der Waals surface area contributed by atoms with Gasteiger partial charge in [0.05, 0.1) is 6.16 Å². The Balaban J connectivity index is 2.84. The Bertz CT molecular complexity index is 420. The van der Waals surface area contributed by atoms with E-state index >= 15 is 0 Å². The van der Waals surface area contributed by atoms with Gasteiger partial charge in [0.2, 0.25) is 0 Å². The highest BCUT2D eigenvalue weighted by molar-refractivity contribution is 7.51. The Labute approximate surface area is 79.6 Å². The zero-order valence-corrected chi connectivity index (χ0v) is 8.09. The van der Waals surface area contributed by atoms with Crippen molar-refractivity contribution in [3.05, 3.63) is 34.2 Å². The van der Waals surface area contributed by atoms with Crippen LogP contribution in [-0.4, -0.2) is 25.9 Å². The van der Waals surface area contributed by atoms with Crippen LogP contribution in [-0.2, 0) is 11.0 Å². The molecule has 14 heavy (non-hydrogen) atoms. The summed E-state index contributed by atoms with van der Waals surface area (Å²) in [6, 6.07) is 2.85. The van der Waals surface area contributed by atoms with Crippen molar-refractivity contribution >= 4 is 7.60 Å². The van der Waals surface area contributed by atoms with Gasteiger partial charge in [-0.1, -0.05) is 6.07 Å². The van der Waals surface area contributed by atoms with Crippen molar-refractivity contribution in [3.8, 4) is 0 Å². The molecule has 6 nitrogen and oxygen atoms in total. The third-order valence-electron chi connectivity index (χ3n) is 1.68. The summed E-state index contributed by atoms with van der Waals surface area (Å²) in [5.41, 5.74) is -0.473. The maximum absolute atomic E-state index is 11.1. The highest BCUT2D eigenvalue weighted by Crippen LogP contribution is 2.34. The molecule has 1 rings (SSSR count). The summed E-state index contributed by atoms with van der Waals surface area (Å²) in [5.74, 6) is 0. The first-order chi connectivity index (χ1) is 6.40. The molecule has 0 aliphatic rings. The quantitative estimate of drug-likeness (QED) is 0.483. The lowest BCUT2D eigenvalue weighted by atomic mass is 10.2. The largest absolute Gasteiger partial charge is 0.425 e. The van der Waals surface area contributed by atoms with E-state index in [1.165, 1.54) is 12.1 Å². The molecule has 7 heteroatoms. The third-order valence-corrected chi connectivity index (χ3v) is 2.49. The molecule has 0 amide bonds. The number of aromatic nitrogens is 1. The van der Waals surface area contributed by atoms with Gasteiger partial charge in [0, 0.05) is 11.8 Å². The predicted molar refractivity (Wildman–Crippen MR) is 48.5 cm³/mol. The lowest BCUT2D eigenvalue weighted by Crippen LogP contribution is -2.21. The molecule has 78 valence electrons. The Morgan fingerprint density at radius 1 is 1.43 bits per heavy atom. The zero-order chi connectivity index (χ0) is 10.8. The molecule has 1 aromatic heterocycles. The van der Waals surface area contributed by atoms with Gasteiger partial charge >= 0.3 is 7.60 Å². The van der Waals surface area contributed by atoms with Crippen molar-refractivity contribution in [2.45, 2.75) is 6.42 Å². The van der Waals surface area contributed by atoms with Gasteiger partial charge in [-0.05, 0) is 12.5 Å². The molecule has 0 unspecified atom stereocenters. The standard InChI is InChI=1S/C7H10NO5P/c9-7-6(2-1-4-8(7)10)3-5-14(11,12)13/h1-2,4,10H,3,5H2,(H2,11,12,13). The van der Waals surface area contributed by atoms with E-state index in [1.807, 2.05) is 0 Å². The number of hydrogen-bond donors (Lipinski definition) is 3. The van der Waals surface area contributed by atoms with Gasteiger partial charge in [0.15, 0.2) is 0 Å². The summed E-state index contributed by atoms with van der Waals surface area (Å²) in [6.45, 7) is 0. The fraction of sp³-hybridized carbons (Fsp3) is 0.286. The van der Waals surface area contributed by atoms with Crippen LogP contribution in [0.5, 0.6) is 0 Å². The van der Waals surface area contributed by atoms with Crippen molar-refractivity contribution < 1.29 is 19.6 Å². The lowest BCUT2D eigenvalue weighted by Gasteiger charge is -2.03. The van der Waals surface area contributed by atoms with E-state index in [2.05, 4.69) is 0 Å². The fourth-order valence-electron chi connectivity index (χ4n) is 0.983. The van der Waals surface area contributed by atoms with Crippen LogP contribution in [0.15, 0.2) is 23.1 Å². The molecule has 0 aliphatic carbocycles. The number of aryl methyl sites for hydroxylation is 1. The van der Waals surface area contributed by atoms with Gasteiger partial charge in [-0.2, -0.15) is 4.73 Å². The van der Waals surface area contributed by atoms with Crippen LogP contribution in [0.2, 0.25) is 0 Å². The van der Waals surface area contributed by atoms with E-state index in [0.29, 0.717) is 4.73 Å². The second-order valence-electron chi connectivity index (χ2n) is 2.82. The number of nitrogens with zero attached hydrogens (tertiary/aromatic N) is 1. The normalized spacial score (nSPS) is 11.6. The van der Waals surface area contributed by atoms with Crippen LogP contribution in [0, 0.1) is 0 Å². The second-order valence-corrected chi connectivity index (χ2v) is 4.60. The molecule has 0 saturated carbocycles. The minimum absolute atomic E-state index is 0.0511. The van der Waals surface area contributed by atoms with Crippen molar-refractivity contribution in [1.29, 1.82) is 0 Å². The van der Waals surface area contributed by atoms with Crippen LogP contribution in [0.25, 0.3) is 0 Å². The molecule has 0 spiro atoms. The molecular formula is C7H10NO5P. The Morgan fingerprint density at radius 2 is 2.07 bits per heavy atom. The van der Waals surface area contributed by atoms with E-state index in [1.54, 1.807) is 0 Å². The SMILES string of the molecule is O=c1c(CCP(=O)(O)O)cccn1O. The molecule has 0 aliphatic heterocycles. The number of pyridine rings is 1. The zero-order valence-electron chi connectivity index (χ0n) is 7.20. The van der Waals surface area contributed by atoms with Crippen molar-refractivity contribution in [1.82, 2.24) is 4.73 Å². The molecule has 3 N–H and O–H groups in total. The van der Waals surface area contributed by atoms with Crippen molar-refractivity contribution in [2.75, 3.05) is 6.16 Å². The maximum Gasteiger partial charge on any atom is 0.325 e.